The quantitative estimate of drug-likeness (QED) is 0.768. The number of aromatic nitrogens is 3. The van der Waals surface area contributed by atoms with Gasteiger partial charge in [-0.1, -0.05) is 5.21 Å². The van der Waals surface area contributed by atoms with Gasteiger partial charge in [-0.25, -0.2) is 0 Å². The summed E-state index contributed by atoms with van der Waals surface area (Å²) in [6.45, 7) is 4.73. The van der Waals surface area contributed by atoms with Crippen molar-refractivity contribution < 1.29 is 4.74 Å². The number of aromatic amines is 1. The van der Waals surface area contributed by atoms with Crippen LogP contribution >= 0.6 is 0 Å². The molecular weight excluding hydrogens is 192 g/mol. The van der Waals surface area contributed by atoms with Crippen molar-refractivity contribution in [1.29, 1.82) is 0 Å². The van der Waals surface area contributed by atoms with Crippen molar-refractivity contribution in [2.24, 2.45) is 5.92 Å². The van der Waals surface area contributed by atoms with Crippen LogP contribution in [-0.2, 0) is 11.3 Å². The fourth-order valence-corrected chi connectivity index (χ4v) is 2.01. The first kappa shape index (κ1) is 10.6. The summed E-state index contributed by atoms with van der Waals surface area (Å²) in [5.74, 6) is 0.688. The van der Waals surface area contributed by atoms with Crippen LogP contribution in [0.15, 0.2) is 6.20 Å². The van der Waals surface area contributed by atoms with Gasteiger partial charge in [0.2, 0.25) is 0 Å². The van der Waals surface area contributed by atoms with E-state index in [1.807, 2.05) is 0 Å². The molecule has 2 unspecified atom stereocenters. The van der Waals surface area contributed by atoms with Gasteiger partial charge in [0, 0.05) is 12.2 Å². The van der Waals surface area contributed by atoms with Gasteiger partial charge < -0.3 is 10.1 Å². The molecule has 2 rings (SSSR count). The SMILES string of the molecule is CC1CC(COCc2c[nH]nn2)CCN1. The first-order valence-corrected chi connectivity index (χ1v) is 5.51. The standard InChI is InChI=1S/C10H18N4O/c1-8-4-9(2-3-11-8)6-15-7-10-5-12-14-13-10/h5,8-9,11H,2-4,6-7H2,1H3,(H,12,13,14). The molecule has 0 spiro atoms. The number of ether oxygens (including phenoxy) is 1. The number of hydrogen-bond donors (Lipinski definition) is 2. The molecule has 1 aliphatic rings. The Morgan fingerprint density at radius 2 is 2.53 bits per heavy atom. The van der Waals surface area contributed by atoms with Crippen molar-refractivity contribution in [3.63, 3.8) is 0 Å². The van der Waals surface area contributed by atoms with E-state index < -0.39 is 0 Å². The second kappa shape index (κ2) is 5.23. The Morgan fingerprint density at radius 3 is 3.27 bits per heavy atom. The Balaban J connectivity index is 1.65. The molecule has 1 aliphatic heterocycles. The van der Waals surface area contributed by atoms with Crippen molar-refractivity contribution >= 4 is 0 Å². The van der Waals surface area contributed by atoms with E-state index in [1.165, 1.54) is 12.8 Å². The summed E-state index contributed by atoms with van der Waals surface area (Å²) in [6.07, 6.45) is 4.19. The molecule has 0 saturated carbocycles. The maximum Gasteiger partial charge on any atom is 0.108 e. The van der Waals surface area contributed by atoms with Gasteiger partial charge in [0.05, 0.1) is 13.2 Å². The molecule has 0 radical (unpaired) electrons. The Labute approximate surface area is 89.6 Å². The zero-order valence-corrected chi connectivity index (χ0v) is 9.07. The lowest BCUT2D eigenvalue weighted by molar-refractivity contribution is 0.0691. The van der Waals surface area contributed by atoms with Gasteiger partial charge >= 0.3 is 0 Å². The van der Waals surface area contributed by atoms with Crippen molar-refractivity contribution in [3.8, 4) is 0 Å². The highest BCUT2D eigenvalue weighted by Crippen LogP contribution is 2.16. The Bertz CT molecular complexity index is 275. The Kier molecular flexibility index (Phi) is 3.69. The lowest BCUT2D eigenvalue weighted by Gasteiger charge is -2.27. The topological polar surface area (TPSA) is 62.8 Å². The average Bonchev–Trinajstić information content (AvgIpc) is 2.71. The van der Waals surface area contributed by atoms with Crippen LogP contribution in [0.25, 0.3) is 0 Å². The molecule has 1 aromatic heterocycles. The summed E-state index contributed by atoms with van der Waals surface area (Å²) in [5.41, 5.74) is 0.872. The predicted molar refractivity (Wildman–Crippen MR) is 56.2 cm³/mol. The smallest absolute Gasteiger partial charge is 0.108 e. The molecule has 1 fully saturated rings. The van der Waals surface area contributed by atoms with Gasteiger partial charge in [-0.3, -0.25) is 5.10 Å². The fraction of sp³-hybridized carbons (Fsp3) is 0.800. The summed E-state index contributed by atoms with van der Waals surface area (Å²) >= 11 is 0. The van der Waals surface area contributed by atoms with Gasteiger partial charge in [-0.15, -0.1) is 5.10 Å². The molecule has 0 bridgehead atoms. The van der Waals surface area contributed by atoms with E-state index in [1.54, 1.807) is 6.20 Å². The van der Waals surface area contributed by atoms with Crippen LogP contribution in [-0.4, -0.2) is 34.6 Å². The molecule has 2 heterocycles. The minimum Gasteiger partial charge on any atom is -0.375 e. The van der Waals surface area contributed by atoms with E-state index in [4.69, 9.17) is 4.74 Å². The van der Waals surface area contributed by atoms with Crippen LogP contribution in [0.5, 0.6) is 0 Å². The van der Waals surface area contributed by atoms with Crippen LogP contribution in [0.4, 0.5) is 0 Å². The number of H-pyrrole nitrogens is 1. The number of piperidine rings is 1. The first-order valence-electron chi connectivity index (χ1n) is 5.51. The highest BCUT2D eigenvalue weighted by Gasteiger charge is 2.18. The van der Waals surface area contributed by atoms with Crippen LogP contribution in [0, 0.1) is 5.92 Å². The number of nitrogens with one attached hydrogen (secondary N) is 2. The lowest BCUT2D eigenvalue weighted by Crippen LogP contribution is -2.37. The molecule has 15 heavy (non-hydrogen) atoms. The fourth-order valence-electron chi connectivity index (χ4n) is 2.01. The molecule has 5 nitrogen and oxygen atoms in total. The van der Waals surface area contributed by atoms with E-state index in [0.29, 0.717) is 18.6 Å². The summed E-state index contributed by atoms with van der Waals surface area (Å²) in [5, 5.41) is 13.6. The van der Waals surface area contributed by atoms with Gasteiger partial charge in [0.15, 0.2) is 0 Å². The third-order valence-electron chi connectivity index (χ3n) is 2.80. The largest absolute Gasteiger partial charge is 0.375 e. The lowest BCUT2D eigenvalue weighted by atomic mass is 9.94. The maximum absolute atomic E-state index is 5.62. The van der Waals surface area contributed by atoms with Crippen LogP contribution in [0.2, 0.25) is 0 Å². The van der Waals surface area contributed by atoms with Crippen molar-refractivity contribution in [2.45, 2.75) is 32.4 Å². The van der Waals surface area contributed by atoms with E-state index >= 15 is 0 Å². The molecule has 1 saturated heterocycles. The summed E-state index contributed by atoms with van der Waals surface area (Å²) in [4.78, 5) is 0. The van der Waals surface area contributed by atoms with E-state index in [0.717, 1.165) is 18.8 Å². The van der Waals surface area contributed by atoms with Crippen molar-refractivity contribution in [3.05, 3.63) is 11.9 Å². The summed E-state index contributed by atoms with van der Waals surface area (Å²) in [6, 6.07) is 0.624. The Morgan fingerprint density at radius 1 is 1.60 bits per heavy atom. The summed E-state index contributed by atoms with van der Waals surface area (Å²) in [7, 11) is 0. The second-order valence-electron chi connectivity index (χ2n) is 4.23. The van der Waals surface area contributed by atoms with E-state index in [9.17, 15) is 0 Å². The molecule has 0 aliphatic carbocycles. The minimum absolute atomic E-state index is 0.564. The molecule has 2 N–H and O–H groups in total. The van der Waals surface area contributed by atoms with E-state index in [-0.39, 0.29) is 0 Å². The average molecular weight is 210 g/mol. The molecule has 1 aromatic rings. The minimum atomic E-state index is 0.564. The van der Waals surface area contributed by atoms with E-state index in [2.05, 4.69) is 27.7 Å². The van der Waals surface area contributed by atoms with Gasteiger partial charge in [0.1, 0.15) is 5.69 Å². The number of nitrogens with zero attached hydrogens (tertiary/aromatic N) is 2. The van der Waals surface area contributed by atoms with Gasteiger partial charge in [-0.2, -0.15) is 0 Å². The highest BCUT2D eigenvalue weighted by molar-refractivity contribution is 4.87. The Hall–Kier alpha value is -0.940. The van der Waals surface area contributed by atoms with Gasteiger partial charge in [-0.05, 0) is 32.2 Å². The van der Waals surface area contributed by atoms with Gasteiger partial charge in [0.25, 0.3) is 0 Å². The molecule has 5 heteroatoms. The molecule has 84 valence electrons. The molecule has 0 amide bonds. The second-order valence-corrected chi connectivity index (χ2v) is 4.23. The predicted octanol–water partition coefficient (Wildman–Crippen LogP) is 0.709. The molecule has 2 atom stereocenters. The monoisotopic (exact) mass is 210 g/mol. The van der Waals surface area contributed by atoms with Crippen LogP contribution in [0.3, 0.4) is 0 Å². The number of hydrogen-bond acceptors (Lipinski definition) is 4. The summed E-state index contributed by atoms with van der Waals surface area (Å²) < 4.78 is 5.62. The molecule has 0 aromatic carbocycles. The zero-order valence-electron chi connectivity index (χ0n) is 9.07. The molecular formula is C10H18N4O. The van der Waals surface area contributed by atoms with Crippen LogP contribution < -0.4 is 5.32 Å². The van der Waals surface area contributed by atoms with Crippen molar-refractivity contribution in [1.82, 2.24) is 20.7 Å². The van der Waals surface area contributed by atoms with Crippen LogP contribution in [0.1, 0.15) is 25.5 Å². The van der Waals surface area contributed by atoms with Crippen molar-refractivity contribution in [2.75, 3.05) is 13.2 Å². The third kappa shape index (κ3) is 3.28. The first-order chi connectivity index (χ1) is 7.34. The highest BCUT2D eigenvalue weighted by atomic mass is 16.5. The maximum atomic E-state index is 5.62. The number of rotatable bonds is 4. The normalized spacial score (nSPS) is 26.7. The zero-order chi connectivity index (χ0) is 10.5. The third-order valence-corrected chi connectivity index (χ3v) is 2.80.